The van der Waals surface area contributed by atoms with Crippen molar-refractivity contribution in [3.05, 3.63) is 41.5 Å². The zero-order valence-corrected chi connectivity index (χ0v) is 12.5. The van der Waals surface area contributed by atoms with Gasteiger partial charge in [0.2, 0.25) is 0 Å². The number of aromatic nitrogens is 3. The molecular formula is C16H22N4O. The first-order chi connectivity index (χ1) is 10.3. The number of nitrogens with two attached hydrogens (primary N) is 1. The largest absolute Gasteiger partial charge is 0.486 e. The first-order valence-electron chi connectivity index (χ1n) is 7.66. The topological polar surface area (TPSA) is 66.0 Å². The summed E-state index contributed by atoms with van der Waals surface area (Å²) in [5.74, 6) is 1.72. The van der Waals surface area contributed by atoms with E-state index in [1.807, 2.05) is 10.7 Å². The van der Waals surface area contributed by atoms with Crippen molar-refractivity contribution in [1.29, 1.82) is 0 Å². The Bertz CT molecular complexity index is 608. The summed E-state index contributed by atoms with van der Waals surface area (Å²) in [5.41, 5.74) is 8.77. The van der Waals surface area contributed by atoms with E-state index in [0.29, 0.717) is 6.61 Å². The number of fused-ring (bicyclic) bond motifs is 1. The lowest BCUT2D eigenvalue weighted by molar-refractivity contribution is 0.285. The number of ether oxygens (including phenoxy) is 1. The van der Waals surface area contributed by atoms with Crippen molar-refractivity contribution < 1.29 is 4.74 Å². The van der Waals surface area contributed by atoms with Crippen molar-refractivity contribution in [2.45, 2.75) is 51.8 Å². The highest BCUT2D eigenvalue weighted by molar-refractivity contribution is 5.39. The van der Waals surface area contributed by atoms with E-state index in [1.54, 1.807) is 6.33 Å². The normalized spacial score (nSPS) is 17.5. The van der Waals surface area contributed by atoms with E-state index in [1.165, 1.54) is 17.5 Å². The van der Waals surface area contributed by atoms with E-state index >= 15 is 0 Å². The first kappa shape index (κ1) is 14.1. The average Bonchev–Trinajstić information content (AvgIpc) is 2.93. The molecule has 5 heteroatoms. The molecule has 1 aliphatic carbocycles. The minimum absolute atomic E-state index is 0.140. The lowest BCUT2D eigenvalue weighted by Gasteiger charge is -2.22. The van der Waals surface area contributed by atoms with Crippen molar-refractivity contribution in [3.8, 4) is 5.75 Å². The SMILES string of the molecule is CCCn1ncnc1COc1ccc2c(c1)[C@H](N)CCC2. The molecule has 5 nitrogen and oxygen atoms in total. The summed E-state index contributed by atoms with van der Waals surface area (Å²) in [6, 6.07) is 6.39. The van der Waals surface area contributed by atoms with E-state index in [0.717, 1.165) is 37.4 Å². The molecular weight excluding hydrogens is 264 g/mol. The van der Waals surface area contributed by atoms with Crippen LogP contribution in [-0.2, 0) is 19.6 Å². The molecule has 1 atom stereocenters. The zero-order chi connectivity index (χ0) is 14.7. The molecule has 3 rings (SSSR count). The highest BCUT2D eigenvalue weighted by Crippen LogP contribution is 2.31. The summed E-state index contributed by atoms with van der Waals surface area (Å²) in [7, 11) is 0. The van der Waals surface area contributed by atoms with Crippen LogP contribution in [-0.4, -0.2) is 14.8 Å². The zero-order valence-electron chi connectivity index (χ0n) is 12.5. The molecule has 0 unspecified atom stereocenters. The molecule has 1 aromatic carbocycles. The fraction of sp³-hybridized carbons (Fsp3) is 0.500. The van der Waals surface area contributed by atoms with Gasteiger partial charge in [-0.1, -0.05) is 13.0 Å². The van der Waals surface area contributed by atoms with E-state index < -0.39 is 0 Å². The van der Waals surface area contributed by atoms with Crippen LogP contribution in [0.2, 0.25) is 0 Å². The van der Waals surface area contributed by atoms with Crippen LogP contribution in [0, 0.1) is 0 Å². The van der Waals surface area contributed by atoms with Gasteiger partial charge in [0, 0.05) is 12.6 Å². The number of hydrogen-bond donors (Lipinski definition) is 1. The number of hydrogen-bond acceptors (Lipinski definition) is 4. The van der Waals surface area contributed by atoms with Gasteiger partial charge in [0.1, 0.15) is 18.7 Å². The van der Waals surface area contributed by atoms with Gasteiger partial charge in [0.25, 0.3) is 0 Å². The highest BCUT2D eigenvalue weighted by atomic mass is 16.5. The van der Waals surface area contributed by atoms with E-state index in [-0.39, 0.29) is 6.04 Å². The Kier molecular flexibility index (Phi) is 4.20. The summed E-state index contributed by atoms with van der Waals surface area (Å²) in [6.07, 6.45) is 5.96. The molecule has 0 amide bonds. The smallest absolute Gasteiger partial charge is 0.164 e. The molecule has 1 aliphatic rings. The lowest BCUT2D eigenvalue weighted by Crippen LogP contribution is -2.17. The van der Waals surface area contributed by atoms with Gasteiger partial charge in [-0.15, -0.1) is 0 Å². The second-order valence-electron chi connectivity index (χ2n) is 5.55. The predicted molar refractivity (Wildman–Crippen MR) is 81.0 cm³/mol. The number of nitrogens with zero attached hydrogens (tertiary/aromatic N) is 3. The van der Waals surface area contributed by atoms with Crippen LogP contribution in [0.25, 0.3) is 0 Å². The van der Waals surface area contributed by atoms with Crippen LogP contribution in [0.3, 0.4) is 0 Å². The van der Waals surface area contributed by atoms with Crippen LogP contribution in [0.5, 0.6) is 5.75 Å². The van der Waals surface area contributed by atoms with Crippen LogP contribution in [0.15, 0.2) is 24.5 Å². The van der Waals surface area contributed by atoms with E-state index in [4.69, 9.17) is 10.5 Å². The maximum Gasteiger partial charge on any atom is 0.164 e. The van der Waals surface area contributed by atoms with Gasteiger partial charge in [0.05, 0.1) is 0 Å². The maximum absolute atomic E-state index is 6.19. The molecule has 0 saturated carbocycles. The molecule has 1 aromatic heterocycles. The van der Waals surface area contributed by atoms with Gasteiger partial charge in [-0.25, -0.2) is 9.67 Å². The quantitative estimate of drug-likeness (QED) is 0.917. The Morgan fingerprint density at radius 2 is 2.33 bits per heavy atom. The molecule has 0 radical (unpaired) electrons. The second-order valence-corrected chi connectivity index (χ2v) is 5.55. The molecule has 0 saturated heterocycles. The third-order valence-corrected chi connectivity index (χ3v) is 3.98. The predicted octanol–water partition coefficient (Wildman–Crippen LogP) is 2.60. The molecule has 0 spiro atoms. The van der Waals surface area contributed by atoms with Crippen molar-refractivity contribution in [2.75, 3.05) is 0 Å². The summed E-state index contributed by atoms with van der Waals surface area (Å²) >= 11 is 0. The van der Waals surface area contributed by atoms with Gasteiger partial charge < -0.3 is 10.5 Å². The summed E-state index contributed by atoms with van der Waals surface area (Å²) < 4.78 is 7.77. The van der Waals surface area contributed by atoms with Gasteiger partial charge >= 0.3 is 0 Å². The van der Waals surface area contributed by atoms with Crippen LogP contribution in [0.1, 0.15) is 49.2 Å². The van der Waals surface area contributed by atoms with Crippen molar-refractivity contribution in [2.24, 2.45) is 5.73 Å². The second kappa shape index (κ2) is 6.26. The van der Waals surface area contributed by atoms with E-state index in [9.17, 15) is 0 Å². The first-order valence-corrected chi connectivity index (χ1v) is 7.66. The summed E-state index contributed by atoms with van der Waals surface area (Å²) in [6.45, 7) is 3.43. The van der Waals surface area contributed by atoms with Crippen LogP contribution < -0.4 is 10.5 Å². The van der Waals surface area contributed by atoms with Crippen molar-refractivity contribution in [3.63, 3.8) is 0 Å². The minimum atomic E-state index is 0.140. The molecule has 0 fully saturated rings. The Hall–Kier alpha value is -1.88. The lowest BCUT2D eigenvalue weighted by atomic mass is 9.88. The Morgan fingerprint density at radius 1 is 1.43 bits per heavy atom. The van der Waals surface area contributed by atoms with Crippen molar-refractivity contribution in [1.82, 2.24) is 14.8 Å². The minimum Gasteiger partial charge on any atom is -0.486 e. The molecule has 0 bridgehead atoms. The molecule has 1 heterocycles. The monoisotopic (exact) mass is 286 g/mol. The Labute approximate surface area is 125 Å². The molecule has 2 N–H and O–H groups in total. The maximum atomic E-state index is 6.19. The van der Waals surface area contributed by atoms with Crippen LogP contribution in [0.4, 0.5) is 0 Å². The summed E-state index contributed by atoms with van der Waals surface area (Å²) in [5, 5.41) is 4.21. The molecule has 21 heavy (non-hydrogen) atoms. The van der Waals surface area contributed by atoms with Crippen LogP contribution >= 0.6 is 0 Å². The van der Waals surface area contributed by atoms with E-state index in [2.05, 4.69) is 29.1 Å². The average molecular weight is 286 g/mol. The molecule has 112 valence electrons. The van der Waals surface area contributed by atoms with Gasteiger partial charge in [-0.05, 0) is 48.9 Å². The Morgan fingerprint density at radius 3 is 3.19 bits per heavy atom. The number of rotatable bonds is 5. The standard InChI is InChI=1S/C16H22N4O/c1-2-8-20-16(18-11-19-20)10-21-13-7-6-12-4-3-5-15(17)14(12)9-13/h6-7,9,11,15H,2-5,8,10,17H2,1H3/t15-/m1/s1. The highest BCUT2D eigenvalue weighted by Gasteiger charge is 2.17. The number of aryl methyl sites for hydroxylation is 2. The third-order valence-electron chi connectivity index (χ3n) is 3.98. The Balaban J connectivity index is 1.71. The van der Waals surface area contributed by atoms with Crippen molar-refractivity contribution >= 4 is 0 Å². The van der Waals surface area contributed by atoms with Gasteiger partial charge in [-0.2, -0.15) is 5.10 Å². The molecule has 2 aromatic rings. The molecule has 0 aliphatic heterocycles. The third kappa shape index (κ3) is 3.08. The fourth-order valence-electron chi connectivity index (χ4n) is 2.85. The fourth-order valence-corrected chi connectivity index (χ4v) is 2.85. The summed E-state index contributed by atoms with van der Waals surface area (Å²) in [4.78, 5) is 4.25. The van der Waals surface area contributed by atoms with Gasteiger partial charge in [0.15, 0.2) is 5.82 Å². The van der Waals surface area contributed by atoms with Gasteiger partial charge in [-0.3, -0.25) is 0 Å². The number of benzene rings is 1.